The molecule has 1 aliphatic heterocycles. The van der Waals surface area contributed by atoms with Gasteiger partial charge < -0.3 is 20.1 Å². The van der Waals surface area contributed by atoms with Crippen LogP contribution in [0.3, 0.4) is 0 Å². The fraction of sp³-hybridized carbons (Fsp3) is 0.381. The Morgan fingerprint density at radius 1 is 1.04 bits per heavy atom. The number of rotatable bonds is 6. The average molecular weight is 499 g/mol. The smallest absolute Gasteiger partial charge is 0.191 e. The van der Waals surface area contributed by atoms with Crippen LogP contribution in [0.5, 0.6) is 11.5 Å². The first-order valence-electron chi connectivity index (χ1n) is 9.40. The Kier molecular flexibility index (Phi) is 9.33. The molecule has 0 fully saturated rings. The molecule has 0 saturated heterocycles. The monoisotopic (exact) mass is 499 g/mol. The highest BCUT2D eigenvalue weighted by molar-refractivity contribution is 14.0. The van der Waals surface area contributed by atoms with Crippen molar-refractivity contribution < 1.29 is 13.9 Å². The Hall–Kier alpha value is -2.03. The van der Waals surface area contributed by atoms with E-state index in [1.54, 1.807) is 12.1 Å². The van der Waals surface area contributed by atoms with Gasteiger partial charge in [-0.3, -0.25) is 0 Å². The predicted octanol–water partition coefficient (Wildman–Crippen LogP) is 3.90. The van der Waals surface area contributed by atoms with E-state index >= 15 is 0 Å². The lowest BCUT2D eigenvalue weighted by molar-refractivity contribution is 0.297. The third kappa shape index (κ3) is 6.85. The molecule has 2 aromatic carbocycles. The molecule has 0 atom stereocenters. The van der Waals surface area contributed by atoms with E-state index in [-0.39, 0.29) is 29.8 Å². The van der Waals surface area contributed by atoms with E-state index in [1.165, 1.54) is 6.07 Å². The minimum absolute atomic E-state index is 0. The van der Waals surface area contributed by atoms with E-state index in [0.717, 1.165) is 48.0 Å². The number of hydrogen-bond donors (Lipinski definition) is 2. The number of ether oxygens (including phenoxy) is 2. The Bertz CT molecular complexity index is 786. The van der Waals surface area contributed by atoms with Gasteiger partial charge in [-0.2, -0.15) is 0 Å². The maximum Gasteiger partial charge on any atom is 0.191 e. The summed E-state index contributed by atoms with van der Waals surface area (Å²) in [7, 11) is 0. The first kappa shape index (κ1) is 22.3. The minimum atomic E-state index is -0.206. The molecular weight excluding hydrogens is 472 g/mol. The van der Waals surface area contributed by atoms with Crippen LogP contribution in [0.25, 0.3) is 0 Å². The predicted molar refractivity (Wildman–Crippen MR) is 120 cm³/mol. The second-order valence-corrected chi connectivity index (χ2v) is 6.33. The highest BCUT2D eigenvalue weighted by Crippen LogP contribution is 2.30. The molecule has 152 valence electrons. The molecule has 5 nitrogen and oxygen atoms in total. The molecule has 1 heterocycles. The molecule has 0 aromatic heterocycles. The van der Waals surface area contributed by atoms with Gasteiger partial charge in [0.1, 0.15) is 5.82 Å². The second-order valence-electron chi connectivity index (χ2n) is 6.33. The molecule has 0 saturated carbocycles. The maximum absolute atomic E-state index is 13.3. The number of aliphatic imine (C=N–C) groups is 1. The number of guanidine groups is 1. The summed E-state index contributed by atoms with van der Waals surface area (Å²) in [5, 5.41) is 6.52. The van der Waals surface area contributed by atoms with Gasteiger partial charge in [-0.25, -0.2) is 9.38 Å². The summed E-state index contributed by atoms with van der Waals surface area (Å²) in [5.41, 5.74) is 2.02. The van der Waals surface area contributed by atoms with Crippen molar-refractivity contribution in [2.75, 3.05) is 26.3 Å². The topological polar surface area (TPSA) is 54.9 Å². The molecule has 0 aliphatic carbocycles. The fourth-order valence-electron chi connectivity index (χ4n) is 2.84. The lowest BCUT2D eigenvalue weighted by atomic mass is 10.1. The first-order valence-corrected chi connectivity index (χ1v) is 9.40. The van der Waals surface area contributed by atoms with Crippen LogP contribution in [0.1, 0.15) is 24.5 Å². The summed E-state index contributed by atoms with van der Waals surface area (Å²) >= 11 is 0. The van der Waals surface area contributed by atoms with Crippen LogP contribution < -0.4 is 20.1 Å². The molecule has 1 aliphatic rings. The standard InChI is InChI=1S/C21H26FN3O2.HI/c1-2-23-21(24-10-9-16-5-3-6-18(22)13-16)25-15-17-7-8-19-20(14-17)27-12-4-11-26-19;/h3,5-8,13-14H,2,4,9-12,15H2,1H3,(H2,23,24,25);1H. The van der Waals surface area contributed by atoms with Crippen molar-refractivity contribution in [3.05, 3.63) is 59.4 Å². The SMILES string of the molecule is CCNC(=NCc1ccc2c(c1)OCCCO2)NCCc1cccc(F)c1.I. The summed E-state index contributed by atoms with van der Waals surface area (Å²) in [6.45, 7) is 5.36. The highest BCUT2D eigenvalue weighted by Gasteiger charge is 2.10. The molecule has 3 rings (SSSR count). The van der Waals surface area contributed by atoms with E-state index in [4.69, 9.17) is 9.47 Å². The zero-order valence-corrected chi connectivity index (χ0v) is 18.4. The summed E-state index contributed by atoms with van der Waals surface area (Å²) in [6, 6.07) is 12.6. The number of hydrogen-bond acceptors (Lipinski definition) is 3. The Morgan fingerprint density at radius 2 is 1.86 bits per heavy atom. The van der Waals surface area contributed by atoms with Gasteiger partial charge in [0.25, 0.3) is 0 Å². The van der Waals surface area contributed by atoms with Crippen molar-refractivity contribution in [1.82, 2.24) is 10.6 Å². The summed E-state index contributed by atoms with van der Waals surface area (Å²) in [5.74, 6) is 2.10. The van der Waals surface area contributed by atoms with E-state index < -0.39 is 0 Å². The Balaban J connectivity index is 0.00000280. The van der Waals surface area contributed by atoms with Crippen LogP contribution in [0.4, 0.5) is 4.39 Å². The van der Waals surface area contributed by atoms with E-state index in [2.05, 4.69) is 15.6 Å². The van der Waals surface area contributed by atoms with Gasteiger partial charge in [0.05, 0.1) is 19.8 Å². The number of fused-ring (bicyclic) bond motifs is 1. The zero-order chi connectivity index (χ0) is 18.9. The second kappa shape index (κ2) is 11.7. The van der Waals surface area contributed by atoms with Crippen molar-refractivity contribution in [2.45, 2.75) is 26.3 Å². The summed E-state index contributed by atoms with van der Waals surface area (Å²) in [6.07, 6.45) is 1.62. The lowest BCUT2D eigenvalue weighted by Crippen LogP contribution is -2.38. The van der Waals surface area contributed by atoms with E-state index in [0.29, 0.717) is 26.3 Å². The van der Waals surface area contributed by atoms with Crippen LogP contribution in [0.2, 0.25) is 0 Å². The minimum Gasteiger partial charge on any atom is -0.490 e. The van der Waals surface area contributed by atoms with Crippen molar-refractivity contribution in [2.24, 2.45) is 4.99 Å². The molecule has 7 heteroatoms. The van der Waals surface area contributed by atoms with E-state index in [1.807, 2.05) is 31.2 Å². The number of benzene rings is 2. The molecule has 2 N–H and O–H groups in total. The van der Waals surface area contributed by atoms with Crippen molar-refractivity contribution in [3.63, 3.8) is 0 Å². The molecule has 2 aromatic rings. The van der Waals surface area contributed by atoms with Crippen LogP contribution >= 0.6 is 24.0 Å². The van der Waals surface area contributed by atoms with Crippen molar-refractivity contribution >= 4 is 29.9 Å². The van der Waals surface area contributed by atoms with Gasteiger partial charge in [0, 0.05) is 19.5 Å². The maximum atomic E-state index is 13.3. The Morgan fingerprint density at radius 3 is 2.64 bits per heavy atom. The van der Waals surface area contributed by atoms with Gasteiger partial charge in [-0.1, -0.05) is 18.2 Å². The number of nitrogens with one attached hydrogen (secondary N) is 2. The van der Waals surface area contributed by atoms with Crippen LogP contribution in [-0.2, 0) is 13.0 Å². The third-order valence-corrected chi connectivity index (χ3v) is 4.17. The number of nitrogens with zero attached hydrogens (tertiary/aromatic N) is 1. The molecule has 0 unspecified atom stereocenters. The van der Waals surface area contributed by atoms with Gasteiger partial charge >= 0.3 is 0 Å². The number of halogens is 2. The fourth-order valence-corrected chi connectivity index (χ4v) is 2.84. The molecule has 28 heavy (non-hydrogen) atoms. The van der Waals surface area contributed by atoms with Gasteiger partial charge in [0.15, 0.2) is 17.5 Å². The largest absolute Gasteiger partial charge is 0.490 e. The third-order valence-electron chi connectivity index (χ3n) is 4.17. The average Bonchev–Trinajstić information content (AvgIpc) is 2.91. The van der Waals surface area contributed by atoms with Crippen LogP contribution in [-0.4, -0.2) is 32.3 Å². The zero-order valence-electron chi connectivity index (χ0n) is 16.0. The van der Waals surface area contributed by atoms with Gasteiger partial charge in [-0.05, 0) is 48.7 Å². The van der Waals surface area contributed by atoms with Gasteiger partial charge in [-0.15, -0.1) is 24.0 Å². The van der Waals surface area contributed by atoms with Crippen LogP contribution in [0, 0.1) is 5.82 Å². The highest BCUT2D eigenvalue weighted by atomic mass is 127. The van der Waals surface area contributed by atoms with Crippen LogP contribution in [0.15, 0.2) is 47.5 Å². The summed E-state index contributed by atoms with van der Waals surface area (Å²) in [4.78, 5) is 4.63. The molecular formula is C21H27FIN3O2. The molecule has 0 amide bonds. The van der Waals surface area contributed by atoms with Crippen molar-refractivity contribution in [3.8, 4) is 11.5 Å². The van der Waals surface area contributed by atoms with Crippen molar-refractivity contribution in [1.29, 1.82) is 0 Å². The Labute approximate surface area is 182 Å². The normalized spacial score (nSPS) is 13.3. The summed E-state index contributed by atoms with van der Waals surface area (Å²) < 4.78 is 24.6. The quantitative estimate of drug-likeness (QED) is 0.360. The molecule has 0 spiro atoms. The molecule has 0 bridgehead atoms. The van der Waals surface area contributed by atoms with Gasteiger partial charge in [0.2, 0.25) is 0 Å². The lowest BCUT2D eigenvalue weighted by Gasteiger charge is -2.12. The first-order chi connectivity index (χ1) is 13.2. The molecule has 0 radical (unpaired) electrons. The van der Waals surface area contributed by atoms with E-state index in [9.17, 15) is 4.39 Å².